The van der Waals surface area contributed by atoms with Crippen molar-refractivity contribution in [1.82, 2.24) is 14.5 Å². The van der Waals surface area contributed by atoms with E-state index in [2.05, 4.69) is 20.4 Å². The Bertz CT molecular complexity index is 1580. The van der Waals surface area contributed by atoms with Gasteiger partial charge >= 0.3 is 0 Å². The summed E-state index contributed by atoms with van der Waals surface area (Å²) in [6.07, 6.45) is 1.49. The molecule has 4 atom stereocenters. The highest BCUT2D eigenvalue weighted by Crippen LogP contribution is 2.67. The van der Waals surface area contributed by atoms with Gasteiger partial charge in [0.2, 0.25) is 17.5 Å². The molecule has 0 saturated carbocycles. The molecule has 0 radical (unpaired) electrons. The molecular formula is C29H30N4O4. The van der Waals surface area contributed by atoms with Crippen molar-refractivity contribution in [3.63, 3.8) is 0 Å². The molecule has 3 aliphatic heterocycles. The number of aromatic nitrogens is 2. The molecular weight excluding hydrogens is 468 g/mol. The Morgan fingerprint density at radius 1 is 1.16 bits per heavy atom. The maximum Gasteiger partial charge on any atom is 0.262 e. The lowest BCUT2D eigenvalue weighted by Crippen LogP contribution is -2.64. The van der Waals surface area contributed by atoms with E-state index >= 15 is 0 Å². The molecule has 37 heavy (non-hydrogen) atoms. The summed E-state index contributed by atoms with van der Waals surface area (Å²) in [5.41, 5.74) is -0.757. The quantitative estimate of drug-likeness (QED) is 0.512. The number of para-hydroxylation sites is 2. The SMILES string of the molecule is C=CC(C)(C)[C@]12C[C@]3(OC)c4nc5ccccc5c(=O)n4[C@@H](C)C(=O)N3[C@H]1N(C(C)=O)c1ccccc12. The number of methoxy groups -OCH3 is 1. The molecule has 1 fully saturated rings. The summed E-state index contributed by atoms with van der Waals surface area (Å²) in [5, 5.41) is 0.445. The van der Waals surface area contributed by atoms with Crippen LogP contribution in [0.1, 0.15) is 51.5 Å². The number of fused-ring (bicyclic) bond motifs is 8. The first kappa shape index (κ1) is 23.6. The van der Waals surface area contributed by atoms with Crippen molar-refractivity contribution in [1.29, 1.82) is 0 Å². The molecule has 2 amide bonds. The summed E-state index contributed by atoms with van der Waals surface area (Å²) in [7, 11) is 1.54. The minimum atomic E-state index is -1.38. The largest absolute Gasteiger partial charge is 0.352 e. The first-order valence-electron chi connectivity index (χ1n) is 12.5. The van der Waals surface area contributed by atoms with Crippen molar-refractivity contribution < 1.29 is 14.3 Å². The molecule has 3 aromatic rings. The van der Waals surface area contributed by atoms with Gasteiger partial charge in [0.1, 0.15) is 12.2 Å². The Labute approximate surface area is 215 Å². The molecule has 0 aliphatic carbocycles. The van der Waals surface area contributed by atoms with Crippen molar-refractivity contribution in [3.05, 3.63) is 82.9 Å². The van der Waals surface area contributed by atoms with Crippen LogP contribution in [0.3, 0.4) is 0 Å². The molecule has 1 aromatic heterocycles. The van der Waals surface area contributed by atoms with Crippen LogP contribution in [0.15, 0.2) is 66.0 Å². The number of carbonyl (C=O) groups excluding carboxylic acids is 2. The van der Waals surface area contributed by atoms with E-state index in [0.29, 0.717) is 23.1 Å². The Balaban J connectivity index is 1.76. The summed E-state index contributed by atoms with van der Waals surface area (Å²) in [6, 6.07) is 14.1. The van der Waals surface area contributed by atoms with Crippen LogP contribution in [0.2, 0.25) is 0 Å². The fraction of sp³-hybridized carbons (Fsp3) is 0.379. The number of ether oxygens (including phenoxy) is 1. The van der Waals surface area contributed by atoms with Crippen LogP contribution in [0.5, 0.6) is 0 Å². The van der Waals surface area contributed by atoms with Gasteiger partial charge < -0.3 is 4.74 Å². The molecule has 1 saturated heterocycles. The van der Waals surface area contributed by atoms with Gasteiger partial charge in [0.15, 0.2) is 5.82 Å². The average molecular weight is 499 g/mol. The summed E-state index contributed by atoms with van der Waals surface area (Å²) in [5.74, 6) is -0.0966. The third-order valence-electron chi connectivity index (χ3n) is 8.96. The zero-order valence-electron chi connectivity index (χ0n) is 21.7. The normalized spacial score (nSPS) is 28.1. The maximum atomic E-state index is 14.3. The fourth-order valence-corrected chi connectivity index (χ4v) is 7.01. The number of allylic oxidation sites excluding steroid dienone is 1. The zero-order valence-corrected chi connectivity index (χ0v) is 21.7. The van der Waals surface area contributed by atoms with Gasteiger partial charge in [0, 0.05) is 26.1 Å². The van der Waals surface area contributed by atoms with Crippen LogP contribution < -0.4 is 10.5 Å². The number of benzene rings is 2. The highest BCUT2D eigenvalue weighted by molar-refractivity contribution is 5.98. The third-order valence-corrected chi connectivity index (χ3v) is 8.96. The van der Waals surface area contributed by atoms with Gasteiger partial charge in [-0.1, -0.05) is 50.3 Å². The van der Waals surface area contributed by atoms with Crippen molar-refractivity contribution >= 4 is 28.4 Å². The second kappa shape index (κ2) is 7.38. The van der Waals surface area contributed by atoms with Gasteiger partial charge in [-0.25, -0.2) is 4.98 Å². The second-order valence-corrected chi connectivity index (χ2v) is 10.9. The molecule has 2 aromatic carbocycles. The van der Waals surface area contributed by atoms with E-state index in [4.69, 9.17) is 9.72 Å². The minimum absolute atomic E-state index is 0.180. The van der Waals surface area contributed by atoms with E-state index in [1.807, 2.05) is 36.4 Å². The molecule has 0 N–H and O–H groups in total. The van der Waals surface area contributed by atoms with E-state index in [0.717, 1.165) is 11.3 Å². The third kappa shape index (κ3) is 2.56. The first-order valence-corrected chi connectivity index (χ1v) is 12.5. The highest BCUT2D eigenvalue weighted by Gasteiger charge is 2.75. The van der Waals surface area contributed by atoms with E-state index in [1.165, 1.54) is 11.5 Å². The van der Waals surface area contributed by atoms with Crippen molar-refractivity contribution in [2.24, 2.45) is 5.41 Å². The van der Waals surface area contributed by atoms with Crippen LogP contribution in [0.25, 0.3) is 10.9 Å². The zero-order chi connectivity index (χ0) is 26.5. The van der Waals surface area contributed by atoms with Gasteiger partial charge in [-0.2, -0.15) is 0 Å². The van der Waals surface area contributed by atoms with Gasteiger partial charge in [0.25, 0.3) is 5.56 Å². The van der Waals surface area contributed by atoms with Crippen molar-refractivity contribution in [2.75, 3.05) is 12.0 Å². The van der Waals surface area contributed by atoms with Gasteiger partial charge in [-0.3, -0.25) is 28.8 Å². The van der Waals surface area contributed by atoms with E-state index < -0.39 is 28.8 Å². The molecule has 3 aliphatic rings. The summed E-state index contributed by atoms with van der Waals surface area (Å²) in [6.45, 7) is 11.5. The lowest BCUT2D eigenvalue weighted by molar-refractivity contribution is -0.182. The van der Waals surface area contributed by atoms with Gasteiger partial charge in [-0.15, -0.1) is 6.58 Å². The number of anilines is 1. The van der Waals surface area contributed by atoms with Crippen LogP contribution in [-0.2, 0) is 25.5 Å². The summed E-state index contributed by atoms with van der Waals surface area (Å²) in [4.78, 5) is 49.7. The molecule has 4 heterocycles. The van der Waals surface area contributed by atoms with E-state index in [9.17, 15) is 14.4 Å². The Kier molecular flexibility index (Phi) is 4.71. The lowest BCUT2D eigenvalue weighted by atomic mass is 9.60. The molecule has 8 nitrogen and oxygen atoms in total. The average Bonchev–Trinajstić information content (AvgIpc) is 3.36. The number of carbonyl (C=O) groups is 2. The monoisotopic (exact) mass is 498 g/mol. The Morgan fingerprint density at radius 2 is 1.84 bits per heavy atom. The fourth-order valence-electron chi connectivity index (χ4n) is 7.01. The molecule has 0 spiro atoms. The first-order chi connectivity index (χ1) is 17.6. The Hall–Kier alpha value is -3.78. The van der Waals surface area contributed by atoms with Crippen LogP contribution in [-0.4, -0.2) is 39.5 Å². The second-order valence-electron chi connectivity index (χ2n) is 10.9. The number of rotatable bonds is 3. The number of hydrogen-bond acceptors (Lipinski definition) is 5. The standard InChI is InChI=1S/C29H30N4O4/c1-7-27(4,5)28-16-29(37-6)25-30-21-14-10-8-12-19(21)24(36)31(25)17(2)23(35)33(29)26(28)32(18(3)34)22-15-11-9-13-20(22)28/h7-15,17,26H,1,16H2,2-6H3/t17-,26+,28-,29-/m0/s1. The maximum absolute atomic E-state index is 14.3. The summed E-state index contributed by atoms with van der Waals surface area (Å²) >= 11 is 0. The minimum Gasteiger partial charge on any atom is -0.352 e. The smallest absolute Gasteiger partial charge is 0.262 e. The predicted octanol–water partition coefficient (Wildman–Crippen LogP) is 3.85. The van der Waals surface area contributed by atoms with Crippen LogP contribution in [0.4, 0.5) is 5.69 Å². The topological polar surface area (TPSA) is 84.7 Å². The lowest BCUT2D eigenvalue weighted by Gasteiger charge is -2.47. The van der Waals surface area contributed by atoms with Gasteiger partial charge in [-0.05, 0) is 36.1 Å². The molecule has 0 unspecified atom stereocenters. The number of hydrogen-bond donors (Lipinski definition) is 0. The molecule has 8 heteroatoms. The van der Waals surface area contributed by atoms with E-state index in [-0.39, 0.29) is 17.4 Å². The molecule has 0 bridgehead atoms. The van der Waals surface area contributed by atoms with E-state index in [1.54, 1.807) is 42.0 Å². The Morgan fingerprint density at radius 3 is 2.51 bits per heavy atom. The number of amides is 2. The highest BCUT2D eigenvalue weighted by atomic mass is 16.5. The summed E-state index contributed by atoms with van der Waals surface area (Å²) < 4.78 is 7.78. The molecule has 190 valence electrons. The predicted molar refractivity (Wildman–Crippen MR) is 140 cm³/mol. The van der Waals surface area contributed by atoms with Crippen molar-refractivity contribution in [3.8, 4) is 0 Å². The van der Waals surface area contributed by atoms with Gasteiger partial charge in [0.05, 0.1) is 16.3 Å². The number of nitrogens with zero attached hydrogens (tertiary/aromatic N) is 4. The molecule has 6 rings (SSSR count). The van der Waals surface area contributed by atoms with Crippen molar-refractivity contribution in [2.45, 2.75) is 57.5 Å². The van der Waals surface area contributed by atoms with Crippen LogP contribution in [0, 0.1) is 5.41 Å². The van der Waals surface area contributed by atoms with Crippen LogP contribution >= 0.6 is 0 Å².